The van der Waals surface area contributed by atoms with Gasteiger partial charge in [0.1, 0.15) is 12.4 Å². The van der Waals surface area contributed by atoms with Crippen LogP contribution >= 0.6 is 13.5 Å². The van der Waals surface area contributed by atoms with E-state index >= 15 is 0 Å². The molecule has 1 aliphatic rings. The van der Waals surface area contributed by atoms with E-state index in [1.54, 1.807) is 6.92 Å². The van der Waals surface area contributed by atoms with Crippen molar-refractivity contribution in [2.75, 3.05) is 31.1 Å². The molecule has 4 rings (SSSR count). The summed E-state index contributed by atoms with van der Waals surface area (Å²) in [6.07, 6.45) is -0.00387. The van der Waals surface area contributed by atoms with Crippen molar-refractivity contribution in [2.45, 2.75) is 32.4 Å². The minimum absolute atomic E-state index is 0. The average Bonchev–Trinajstić information content (AvgIpc) is 2.89. The fourth-order valence-corrected chi connectivity index (χ4v) is 4.37. The Bertz CT molecular complexity index is 1150. The molecule has 3 aromatic carbocycles. The molecule has 36 heavy (non-hydrogen) atoms. The van der Waals surface area contributed by atoms with Crippen LogP contribution in [0.25, 0.3) is 0 Å². The van der Waals surface area contributed by atoms with Gasteiger partial charge in [-0.25, -0.2) is 0 Å². The Balaban J connectivity index is 0.00000361. The molecule has 1 fully saturated rings. The zero-order valence-electron chi connectivity index (χ0n) is 20.7. The van der Waals surface area contributed by atoms with Gasteiger partial charge in [0.05, 0.1) is 12.3 Å². The van der Waals surface area contributed by atoms with Crippen LogP contribution in [0.5, 0.6) is 5.75 Å². The molecule has 0 aliphatic carbocycles. The summed E-state index contributed by atoms with van der Waals surface area (Å²) in [7, 11) is 0. The van der Waals surface area contributed by atoms with Crippen LogP contribution in [-0.2, 0) is 17.9 Å². The Morgan fingerprint density at radius 3 is 2.17 bits per heavy atom. The van der Waals surface area contributed by atoms with E-state index in [-0.39, 0.29) is 25.8 Å². The van der Waals surface area contributed by atoms with E-state index in [0.29, 0.717) is 6.61 Å². The van der Waals surface area contributed by atoms with Crippen LogP contribution in [-0.4, -0.2) is 42.2 Å². The van der Waals surface area contributed by atoms with Crippen molar-refractivity contribution in [3.8, 4) is 17.6 Å². The molecule has 0 bridgehead atoms. The summed E-state index contributed by atoms with van der Waals surface area (Å²) in [6, 6.07) is 26.8. The van der Waals surface area contributed by atoms with E-state index < -0.39 is 5.97 Å². The highest BCUT2D eigenvalue weighted by atomic mass is 32.1. The number of hydrogen-bond donors (Lipinski definition) is 1. The summed E-state index contributed by atoms with van der Waals surface area (Å²) >= 11 is 0. The maximum absolute atomic E-state index is 11.1. The summed E-state index contributed by atoms with van der Waals surface area (Å²) in [4.78, 5) is 16.0. The van der Waals surface area contributed by atoms with E-state index in [1.807, 2.05) is 24.3 Å². The molecule has 1 saturated heterocycles. The van der Waals surface area contributed by atoms with Crippen molar-refractivity contribution in [3.63, 3.8) is 0 Å². The van der Waals surface area contributed by atoms with Crippen molar-refractivity contribution in [3.05, 3.63) is 95.6 Å². The molecule has 0 unspecified atom stereocenters. The Labute approximate surface area is 221 Å². The maximum atomic E-state index is 11.1. The lowest BCUT2D eigenvalue weighted by Crippen LogP contribution is -2.45. The number of hydrogen-bond acceptors (Lipinski definition) is 4. The van der Waals surface area contributed by atoms with Crippen molar-refractivity contribution in [2.24, 2.45) is 0 Å². The second kappa shape index (κ2) is 13.6. The number of benzene rings is 3. The fourth-order valence-electron chi connectivity index (χ4n) is 4.37. The molecule has 188 valence electrons. The van der Waals surface area contributed by atoms with Gasteiger partial charge in [-0.2, -0.15) is 13.5 Å². The molecule has 0 spiro atoms. The van der Waals surface area contributed by atoms with Crippen LogP contribution < -0.4 is 9.64 Å². The summed E-state index contributed by atoms with van der Waals surface area (Å²) in [5.41, 5.74) is 4.63. The predicted molar refractivity (Wildman–Crippen MR) is 150 cm³/mol. The number of piperazine rings is 1. The summed E-state index contributed by atoms with van der Waals surface area (Å²) in [6.45, 7) is 7.41. The number of carbonyl (C=O) groups is 1. The standard InChI is InChI=1S/C30H32N2O3.H2S/c1-2-6-27(21-30(33)34)26-13-15-29(16-14-26)35-23-25-11-9-24(10-12-25)22-31-17-19-32(20-18-31)28-7-4-3-5-8-28;/h3-5,7-16,27H,17-23H2,1H3,(H,33,34);1H2/t27-;/m0./s1. The lowest BCUT2D eigenvalue weighted by atomic mass is 9.96. The van der Waals surface area contributed by atoms with Gasteiger partial charge in [0.2, 0.25) is 0 Å². The van der Waals surface area contributed by atoms with Crippen molar-refractivity contribution in [1.82, 2.24) is 4.90 Å². The van der Waals surface area contributed by atoms with Crippen LogP contribution in [0.1, 0.15) is 36.0 Å². The fraction of sp³-hybridized carbons (Fsp3) is 0.300. The Morgan fingerprint density at radius 1 is 0.917 bits per heavy atom. The molecule has 6 heteroatoms. The van der Waals surface area contributed by atoms with Gasteiger partial charge in [0.25, 0.3) is 0 Å². The third-order valence-electron chi connectivity index (χ3n) is 6.31. The second-order valence-corrected chi connectivity index (χ2v) is 8.82. The van der Waals surface area contributed by atoms with Crippen LogP contribution in [0, 0.1) is 11.8 Å². The Hall–Kier alpha value is -3.40. The van der Waals surface area contributed by atoms with Gasteiger partial charge in [-0.15, -0.1) is 5.92 Å². The molecular weight excluding hydrogens is 468 g/mol. The number of para-hydroxylation sites is 1. The van der Waals surface area contributed by atoms with Gasteiger partial charge in [-0.3, -0.25) is 9.69 Å². The SMILES string of the molecule is CC#C[C@@H](CC(=O)O)c1ccc(OCc2ccc(CN3CCN(c4ccccc4)CC3)cc2)cc1.S. The number of rotatable bonds is 9. The van der Waals surface area contributed by atoms with Crippen molar-refractivity contribution >= 4 is 25.2 Å². The molecular formula is C30H34N2O3S. The lowest BCUT2D eigenvalue weighted by molar-refractivity contribution is -0.137. The first-order valence-electron chi connectivity index (χ1n) is 12.1. The summed E-state index contributed by atoms with van der Waals surface area (Å²) < 4.78 is 5.94. The molecule has 0 aromatic heterocycles. The maximum Gasteiger partial charge on any atom is 0.304 e. The van der Waals surface area contributed by atoms with E-state index in [0.717, 1.165) is 49.6 Å². The van der Waals surface area contributed by atoms with Crippen molar-refractivity contribution in [1.29, 1.82) is 0 Å². The number of aliphatic carboxylic acids is 1. The normalized spacial score (nSPS) is 14.2. The average molecular weight is 503 g/mol. The number of carboxylic acids is 1. The Kier molecular flexibility index (Phi) is 10.3. The van der Waals surface area contributed by atoms with Gasteiger partial charge in [0.15, 0.2) is 0 Å². The Morgan fingerprint density at radius 2 is 1.56 bits per heavy atom. The minimum atomic E-state index is -0.851. The quantitative estimate of drug-likeness (QED) is 0.404. The van der Waals surface area contributed by atoms with Gasteiger partial charge in [0, 0.05) is 38.4 Å². The highest BCUT2D eigenvalue weighted by Gasteiger charge is 2.17. The third kappa shape index (κ3) is 7.81. The van der Waals surface area contributed by atoms with E-state index in [9.17, 15) is 4.79 Å². The molecule has 0 saturated carbocycles. The summed E-state index contributed by atoms with van der Waals surface area (Å²) in [5.74, 6) is 5.40. The number of nitrogens with zero attached hydrogens (tertiary/aromatic N) is 2. The monoisotopic (exact) mass is 502 g/mol. The van der Waals surface area contributed by atoms with Gasteiger partial charge in [-0.1, -0.05) is 60.5 Å². The molecule has 1 aliphatic heterocycles. The number of carboxylic acid groups (broad SMARTS) is 1. The van der Waals surface area contributed by atoms with Crippen LogP contribution in [0.4, 0.5) is 5.69 Å². The van der Waals surface area contributed by atoms with E-state index in [2.05, 4.69) is 76.2 Å². The molecule has 1 N–H and O–H groups in total. The van der Waals surface area contributed by atoms with Gasteiger partial charge < -0.3 is 14.7 Å². The first-order chi connectivity index (χ1) is 17.1. The number of anilines is 1. The minimum Gasteiger partial charge on any atom is -0.489 e. The number of ether oxygens (including phenoxy) is 1. The van der Waals surface area contributed by atoms with E-state index in [1.165, 1.54) is 11.3 Å². The lowest BCUT2D eigenvalue weighted by Gasteiger charge is -2.36. The molecule has 1 heterocycles. The van der Waals surface area contributed by atoms with Crippen LogP contribution in [0.15, 0.2) is 78.9 Å². The third-order valence-corrected chi connectivity index (χ3v) is 6.31. The highest BCUT2D eigenvalue weighted by molar-refractivity contribution is 7.59. The zero-order valence-corrected chi connectivity index (χ0v) is 21.7. The highest BCUT2D eigenvalue weighted by Crippen LogP contribution is 2.23. The first kappa shape index (κ1) is 27.2. The molecule has 5 nitrogen and oxygen atoms in total. The van der Waals surface area contributed by atoms with E-state index in [4.69, 9.17) is 9.84 Å². The van der Waals surface area contributed by atoms with Crippen LogP contribution in [0.3, 0.4) is 0 Å². The van der Waals surface area contributed by atoms with Crippen molar-refractivity contribution < 1.29 is 14.6 Å². The molecule has 0 amide bonds. The van der Waals surface area contributed by atoms with Gasteiger partial charge >= 0.3 is 5.97 Å². The predicted octanol–water partition coefficient (Wildman–Crippen LogP) is 5.28. The summed E-state index contributed by atoms with van der Waals surface area (Å²) in [5, 5.41) is 9.10. The van der Waals surface area contributed by atoms with Gasteiger partial charge in [-0.05, 0) is 47.9 Å². The topological polar surface area (TPSA) is 53.0 Å². The smallest absolute Gasteiger partial charge is 0.304 e. The molecule has 0 radical (unpaired) electrons. The second-order valence-electron chi connectivity index (χ2n) is 8.82. The zero-order chi connectivity index (χ0) is 24.5. The molecule has 3 aromatic rings. The van der Waals surface area contributed by atoms with Crippen LogP contribution in [0.2, 0.25) is 0 Å². The largest absolute Gasteiger partial charge is 0.489 e. The molecule has 1 atom stereocenters. The first-order valence-corrected chi connectivity index (χ1v) is 12.1.